The molecule has 0 radical (unpaired) electrons. The summed E-state index contributed by atoms with van der Waals surface area (Å²) in [6.07, 6.45) is 2.03. The van der Waals surface area contributed by atoms with E-state index in [1.807, 2.05) is 54.6 Å². The van der Waals surface area contributed by atoms with Crippen LogP contribution < -0.4 is 14.8 Å². The molecule has 0 saturated carbocycles. The van der Waals surface area contributed by atoms with Gasteiger partial charge in [0.2, 0.25) is 0 Å². The Morgan fingerprint density at radius 2 is 1.77 bits per heavy atom. The maximum atomic E-state index is 12.9. The zero-order valence-electron chi connectivity index (χ0n) is 15.1. The van der Waals surface area contributed by atoms with Gasteiger partial charge in [0.15, 0.2) is 0 Å². The number of para-hydroxylation sites is 2. The Morgan fingerprint density at radius 3 is 2.58 bits per heavy atom. The standard InChI is InChI=1S/C22H23NO3/c1-3-4-15-26-20-12-8-7-11-19(20)23-22(24)18-14-13-16-9-5-6-10-17(16)21(18)25-2/h5-14H,3-4,15H2,1-2H3,(H,23,24). The number of nitrogens with one attached hydrogen (secondary N) is 1. The number of carbonyl (C=O) groups is 1. The number of hydrogen-bond acceptors (Lipinski definition) is 3. The Hall–Kier alpha value is -3.01. The molecule has 0 spiro atoms. The first-order valence-electron chi connectivity index (χ1n) is 8.83. The van der Waals surface area contributed by atoms with Crippen LogP contribution in [0.1, 0.15) is 30.1 Å². The summed E-state index contributed by atoms with van der Waals surface area (Å²) in [5.41, 5.74) is 1.15. The molecule has 0 aromatic heterocycles. The molecule has 0 fully saturated rings. The van der Waals surface area contributed by atoms with Gasteiger partial charge in [0, 0.05) is 5.39 Å². The Balaban J connectivity index is 1.88. The van der Waals surface area contributed by atoms with Gasteiger partial charge in [-0.05, 0) is 30.0 Å². The molecular weight excluding hydrogens is 326 g/mol. The van der Waals surface area contributed by atoms with Crippen molar-refractivity contribution >= 4 is 22.4 Å². The highest BCUT2D eigenvalue weighted by atomic mass is 16.5. The van der Waals surface area contributed by atoms with Crippen LogP contribution in [-0.2, 0) is 0 Å². The maximum absolute atomic E-state index is 12.9. The molecule has 0 aliphatic rings. The molecule has 0 bridgehead atoms. The molecule has 0 heterocycles. The van der Waals surface area contributed by atoms with Crippen molar-refractivity contribution in [3.8, 4) is 11.5 Å². The summed E-state index contributed by atoms with van der Waals surface area (Å²) in [5.74, 6) is 1.03. The van der Waals surface area contributed by atoms with Crippen LogP contribution in [-0.4, -0.2) is 19.6 Å². The van der Waals surface area contributed by atoms with Crippen molar-refractivity contribution in [1.82, 2.24) is 0 Å². The highest BCUT2D eigenvalue weighted by molar-refractivity contribution is 6.10. The van der Waals surface area contributed by atoms with Gasteiger partial charge in [0.1, 0.15) is 11.5 Å². The Labute approximate surface area is 153 Å². The normalized spacial score (nSPS) is 10.5. The number of ether oxygens (including phenoxy) is 2. The number of unbranched alkanes of at least 4 members (excludes halogenated alkanes) is 1. The van der Waals surface area contributed by atoms with Gasteiger partial charge in [-0.2, -0.15) is 0 Å². The summed E-state index contributed by atoms with van der Waals surface area (Å²) in [4.78, 5) is 12.9. The maximum Gasteiger partial charge on any atom is 0.259 e. The van der Waals surface area contributed by atoms with E-state index >= 15 is 0 Å². The molecule has 0 aliphatic carbocycles. The average molecular weight is 349 g/mol. The van der Waals surface area contributed by atoms with Gasteiger partial charge < -0.3 is 14.8 Å². The van der Waals surface area contributed by atoms with E-state index in [1.165, 1.54) is 0 Å². The van der Waals surface area contributed by atoms with Crippen molar-refractivity contribution in [2.45, 2.75) is 19.8 Å². The quantitative estimate of drug-likeness (QED) is 0.590. The molecule has 3 rings (SSSR count). The monoisotopic (exact) mass is 349 g/mol. The van der Waals surface area contributed by atoms with Crippen LogP contribution in [0.15, 0.2) is 60.7 Å². The topological polar surface area (TPSA) is 47.6 Å². The van der Waals surface area contributed by atoms with Crippen LogP contribution >= 0.6 is 0 Å². The highest BCUT2D eigenvalue weighted by Crippen LogP contribution is 2.31. The van der Waals surface area contributed by atoms with E-state index in [9.17, 15) is 4.79 Å². The van der Waals surface area contributed by atoms with E-state index in [0.717, 1.165) is 23.6 Å². The molecule has 134 valence electrons. The van der Waals surface area contributed by atoms with Crippen LogP contribution in [0.3, 0.4) is 0 Å². The fourth-order valence-electron chi connectivity index (χ4n) is 2.85. The Bertz CT molecular complexity index is 905. The smallest absolute Gasteiger partial charge is 0.259 e. The largest absolute Gasteiger partial charge is 0.495 e. The molecule has 26 heavy (non-hydrogen) atoms. The number of fused-ring (bicyclic) bond motifs is 1. The zero-order valence-corrected chi connectivity index (χ0v) is 15.1. The second kappa shape index (κ2) is 8.39. The third kappa shape index (κ3) is 3.80. The minimum atomic E-state index is -0.223. The van der Waals surface area contributed by atoms with E-state index < -0.39 is 0 Å². The molecule has 0 saturated heterocycles. The number of rotatable bonds is 7. The molecule has 3 aromatic carbocycles. The number of anilines is 1. The van der Waals surface area contributed by atoms with Crippen LogP contribution in [0, 0.1) is 0 Å². The van der Waals surface area contributed by atoms with Crippen LogP contribution in [0.5, 0.6) is 11.5 Å². The number of benzene rings is 3. The molecule has 3 aromatic rings. The molecular formula is C22H23NO3. The van der Waals surface area contributed by atoms with Gasteiger partial charge in [0.05, 0.1) is 25.0 Å². The van der Waals surface area contributed by atoms with Crippen LogP contribution in [0.4, 0.5) is 5.69 Å². The summed E-state index contributed by atoms with van der Waals surface area (Å²) in [6, 6.07) is 19.0. The molecule has 1 amide bonds. The first-order valence-corrected chi connectivity index (χ1v) is 8.83. The highest BCUT2D eigenvalue weighted by Gasteiger charge is 2.16. The zero-order chi connectivity index (χ0) is 18.4. The van der Waals surface area contributed by atoms with E-state index in [4.69, 9.17) is 9.47 Å². The lowest BCUT2D eigenvalue weighted by molar-refractivity contribution is 0.102. The number of amides is 1. The van der Waals surface area contributed by atoms with Crippen molar-refractivity contribution in [2.24, 2.45) is 0 Å². The van der Waals surface area contributed by atoms with Gasteiger partial charge in [-0.15, -0.1) is 0 Å². The minimum absolute atomic E-state index is 0.223. The van der Waals surface area contributed by atoms with Crippen molar-refractivity contribution < 1.29 is 14.3 Å². The second-order valence-corrected chi connectivity index (χ2v) is 6.02. The lowest BCUT2D eigenvalue weighted by Crippen LogP contribution is -2.14. The van der Waals surface area contributed by atoms with Gasteiger partial charge in [-0.3, -0.25) is 4.79 Å². The fraction of sp³-hybridized carbons (Fsp3) is 0.227. The van der Waals surface area contributed by atoms with Crippen molar-refractivity contribution in [2.75, 3.05) is 19.0 Å². The predicted molar refractivity (Wildman–Crippen MR) is 105 cm³/mol. The second-order valence-electron chi connectivity index (χ2n) is 6.02. The molecule has 4 heteroatoms. The van der Waals surface area contributed by atoms with E-state index in [-0.39, 0.29) is 5.91 Å². The first-order chi connectivity index (χ1) is 12.7. The van der Waals surface area contributed by atoms with Crippen LogP contribution in [0.25, 0.3) is 10.8 Å². The SMILES string of the molecule is CCCCOc1ccccc1NC(=O)c1ccc2ccccc2c1OC. The summed E-state index contributed by atoms with van der Waals surface area (Å²) < 4.78 is 11.3. The third-order valence-corrected chi connectivity index (χ3v) is 4.22. The van der Waals surface area contributed by atoms with E-state index in [0.29, 0.717) is 29.4 Å². The summed E-state index contributed by atoms with van der Waals surface area (Å²) >= 11 is 0. The summed E-state index contributed by atoms with van der Waals surface area (Å²) in [6.45, 7) is 2.74. The molecule has 0 unspecified atom stereocenters. The molecule has 4 nitrogen and oxygen atoms in total. The van der Waals surface area contributed by atoms with Gasteiger partial charge >= 0.3 is 0 Å². The third-order valence-electron chi connectivity index (χ3n) is 4.22. The summed E-state index contributed by atoms with van der Waals surface area (Å²) in [5, 5.41) is 4.89. The van der Waals surface area contributed by atoms with Gasteiger partial charge in [-0.1, -0.05) is 55.8 Å². The van der Waals surface area contributed by atoms with Crippen molar-refractivity contribution in [3.05, 3.63) is 66.2 Å². The Kier molecular flexibility index (Phi) is 5.74. The lowest BCUT2D eigenvalue weighted by atomic mass is 10.0. The summed E-state index contributed by atoms with van der Waals surface area (Å²) in [7, 11) is 1.58. The molecule has 0 atom stereocenters. The predicted octanol–water partition coefficient (Wildman–Crippen LogP) is 5.28. The Morgan fingerprint density at radius 1 is 1.00 bits per heavy atom. The van der Waals surface area contributed by atoms with E-state index in [1.54, 1.807) is 13.2 Å². The molecule has 0 aliphatic heterocycles. The average Bonchev–Trinajstić information content (AvgIpc) is 2.68. The minimum Gasteiger partial charge on any atom is -0.495 e. The fourth-order valence-corrected chi connectivity index (χ4v) is 2.85. The number of carbonyl (C=O) groups excluding carboxylic acids is 1. The van der Waals surface area contributed by atoms with Gasteiger partial charge in [0.25, 0.3) is 5.91 Å². The van der Waals surface area contributed by atoms with Crippen LogP contribution in [0.2, 0.25) is 0 Å². The number of methoxy groups -OCH3 is 1. The van der Waals surface area contributed by atoms with Crippen molar-refractivity contribution in [1.29, 1.82) is 0 Å². The first kappa shape index (κ1) is 17.8. The van der Waals surface area contributed by atoms with Crippen molar-refractivity contribution in [3.63, 3.8) is 0 Å². The molecule has 1 N–H and O–H groups in total. The number of hydrogen-bond donors (Lipinski definition) is 1. The van der Waals surface area contributed by atoms with E-state index in [2.05, 4.69) is 12.2 Å². The van der Waals surface area contributed by atoms with Gasteiger partial charge in [-0.25, -0.2) is 0 Å². The lowest BCUT2D eigenvalue weighted by Gasteiger charge is -2.14.